The van der Waals surface area contributed by atoms with Gasteiger partial charge in [-0.2, -0.15) is 0 Å². The van der Waals surface area contributed by atoms with Gasteiger partial charge >= 0.3 is 0 Å². The van der Waals surface area contributed by atoms with E-state index in [9.17, 15) is 5.11 Å². The van der Waals surface area contributed by atoms with Crippen LogP contribution in [0.2, 0.25) is 10.0 Å². The van der Waals surface area contributed by atoms with E-state index in [1.165, 1.54) is 0 Å². The SMILES string of the molecule is CCN(CCC(O)c1cccc(Cl)c1Cl)Cc1ccco1. The summed E-state index contributed by atoms with van der Waals surface area (Å²) in [5, 5.41) is 11.2. The molecule has 1 atom stereocenters. The van der Waals surface area contributed by atoms with E-state index in [1.54, 1.807) is 18.4 Å². The molecular formula is C16H19Cl2NO2. The van der Waals surface area contributed by atoms with Crippen LogP contribution < -0.4 is 0 Å². The summed E-state index contributed by atoms with van der Waals surface area (Å²) < 4.78 is 5.35. The zero-order valence-corrected chi connectivity index (χ0v) is 13.4. The fourth-order valence-corrected chi connectivity index (χ4v) is 2.64. The third-order valence-corrected chi connectivity index (χ3v) is 4.30. The molecule has 1 heterocycles. The Bertz CT molecular complexity index is 557. The molecular weight excluding hydrogens is 309 g/mol. The molecule has 0 amide bonds. The third-order valence-electron chi connectivity index (χ3n) is 3.47. The predicted molar refractivity (Wildman–Crippen MR) is 85.7 cm³/mol. The molecule has 2 rings (SSSR count). The highest BCUT2D eigenvalue weighted by Crippen LogP contribution is 2.31. The molecule has 5 heteroatoms. The number of hydrogen-bond acceptors (Lipinski definition) is 3. The van der Waals surface area contributed by atoms with Crippen molar-refractivity contribution in [1.82, 2.24) is 4.90 Å². The normalized spacial score (nSPS) is 12.8. The number of rotatable bonds is 7. The van der Waals surface area contributed by atoms with Crippen molar-refractivity contribution in [3.8, 4) is 0 Å². The van der Waals surface area contributed by atoms with Gasteiger partial charge < -0.3 is 9.52 Å². The number of furan rings is 1. The molecule has 0 saturated carbocycles. The fraction of sp³-hybridized carbons (Fsp3) is 0.375. The number of nitrogens with zero attached hydrogens (tertiary/aromatic N) is 1. The number of aliphatic hydroxyl groups is 1. The molecule has 1 aromatic carbocycles. The second-order valence-electron chi connectivity index (χ2n) is 4.90. The van der Waals surface area contributed by atoms with Gasteiger partial charge in [0.2, 0.25) is 0 Å². The predicted octanol–water partition coefficient (Wildman–Crippen LogP) is 4.53. The number of aliphatic hydroxyl groups excluding tert-OH is 1. The van der Waals surface area contributed by atoms with Crippen LogP contribution in [0.25, 0.3) is 0 Å². The highest BCUT2D eigenvalue weighted by atomic mass is 35.5. The first kappa shape index (κ1) is 16.4. The lowest BCUT2D eigenvalue weighted by atomic mass is 10.1. The van der Waals surface area contributed by atoms with Crippen molar-refractivity contribution in [3.63, 3.8) is 0 Å². The first-order valence-corrected chi connectivity index (χ1v) is 7.74. The Hall–Kier alpha value is -1.00. The van der Waals surface area contributed by atoms with Crippen molar-refractivity contribution in [3.05, 3.63) is 58.0 Å². The first-order valence-electron chi connectivity index (χ1n) is 6.98. The van der Waals surface area contributed by atoms with E-state index in [0.29, 0.717) is 22.0 Å². The Balaban J connectivity index is 1.92. The fourth-order valence-electron chi connectivity index (χ4n) is 2.21. The maximum absolute atomic E-state index is 10.3. The van der Waals surface area contributed by atoms with Gasteiger partial charge in [-0.3, -0.25) is 4.90 Å². The summed E-state index contributed by atoms with van der Waals surface area (Å²) in [6.07, 6.45) is 1.64. The molecule has 1 N–H and O–H groups in total. The summed E-state index contributed by atoms with van der Waals surface area (Å²) in [5.41, 5.74) is 0.679. The molecule has 0 radical (unpaired) electrons. The largest absolute Gasteiger partial charge is 0.468 e. The molecule has 0 spiro atoms. The van der Waals surface area contributed by atoms with Gasteiger partial charge in [0.15, 0.2) is 0 Å². The van der Waals surface area contributed by atoms with Crippen LogP contribution in [0.5, 0.6) is 0 Å². The summed E-state index contributed by atoms with van der Waals surface area (Å²) in [4.78, 5) is 2.21. The van der Waals surface area contributed by atoms with Gasteiger partial charge in [-0.15, -0.1) is 0 Å². The molecule has 0 aliphatic heterocycles. The third kappa shape index (κ3) is 4.48. The lowest BCUT2D eigenvalue weighted by Gasteiger charge is -2.21. The summed E-state index contributed by atoms with van der Waals surface area (Å²) in [5.74, 6) is 0.923. The minimum absolute atomic E-state index is 0.431. The van der Waals surface area contributed by atoms with Crippen LogP contribution in [0, 0.1) is 0 Å². The van der Waals surface area contributed by atoms with E-state index in [-0.39, 0.29) is 0 Å². The van der Waals surface area contributed by atoms with Gasteiger partial charge in [0.1, 0.15) is 5.76 Å². The average molecular weight is 328 g/mol. The zero-order valence-electron chi connectivity index (χ0n) is 11.9. The Morgan fingerprint density at radius 2 is 2.05 bits per heavy atom. The van der Waals surface area contributed by atoms with E-state index in [4.69, 9.17) is 27.6 Å². The van der Waals surface area contributed by atoms with Gasteiger partial charge in [0, 0.05) is 12.1 Å². The van der Waals surface area contributed by atoms with E-state index in [0.717, 1.165) is 25.4 Å². The molecule has 0 saturated heterocycles. The molecule has 0 aliphatic rings. The van der Waals surface area contributed by atoms with Gasteiger partial charge in [-0.1, -0.05) is 42.3 Å². The van der Waals surface area contributed by atoms with E-state index in [1.807, 2.05) is 18.2 Å². The smallest absolute Gasteiger partial charge is 0.117 e. The van der Waals surface area contributed by atoms with Crippen LogP contribution in [-0.2, 0) is 6.54 Å². The maximum Gasteiger partial charge on any atom is 0.117 e. The topological polar surface area (TPSA) is 36.6 Å². The quantitative estimate of drug-likeness (QED) is 0.811. The highest BCUT2D eigenvalue weighted by molar-refractivity contribution is 6.42. The van der Waals surface area contributed by atoms with E-state index < -0.39 is 6.10 Å². The standard InChI is InChI=1S/C16H19Cl2NO2/c1-2-19(11-12-5-4-10-21-12)9-8-15(20)13-6-3-7-14(17)16(13)18/h3-7,10,15,20H,2,8-9,11H2,1H3. The van der Waals surface area contributed by atoms with Crippen molar-refractivity contribution in [2.24, 2.45) is 0 Å². The van der Waals surface area contributed by atoms with Gasteiger partial charge in [-0.25, -0.2) is 0 Å². The van der Waals surface area contributed by atoms with Crippen LogP contribution in [-0.4, -0.2) is 23.1 Å². The van der Waals surface area contributed by atoms with Gasteiger partial charge in [0.25, 0.3) is 0 Å². The maximum atomic E-state index is 10.3. The summed E-state index contributed by atoms with van der Waals surface area (Å²) in [6, 6.07) is 9.15. The molecule has 2 aromatic rings. The molecule has 114 valence electrons. The number of benzene rings is 1. The molecule has 1 aromatic heterocycles. The molecule has 1 unspecified atom stereocenters. The van der Waals surface area contributed by atoms with Crippen molar-refractivity contribution < 1.29 is 9.52 Å². The lowest BCUT2D eigenvalue weighted by molar-refractivity contribution is 0.139. The summed E-state index contributed by atoms with van der Waals surface area (Å²) in [7, 11) is 0. The number of halogens is 2. The van der Waals surface area contributed by atoms with Crippen LogP contribution in [0.15, 0.2) is 41.0 Å². The second-order valence-corrected chi connectivity index (χ2v) is 5.68. The lowest BCUT2D eigenvalue weighted by Crippen LogP contribution is -2.25. The molecule has 0 aliphatic carbocycles. The Morgan fingerprint density at radius 3 is 2.71 bits per heavy atom. The van der Waals surface area contributed by atoms with Crippen LogP contribution >= 0.6 is 23.2 Å². The summed E-state index contributed by atoms with van der Waals surface area (Å²) in [6.45, 7) is 4.46. The second kappa shape index (κ2) is 7.85. The van der Waals surface area contributed by atoms with Crippen molar-refractivity contribution in [2.75, 3.05) is 13.1 Å². The Labute approximate surface area is 135 Å². The van der Waals surface area contributed by atoms with Gasteiger partial charge in [-0.05, 0) is 31.2 Å². The Kier molecular flexibility index (Phi) is 6.12. The molecule has 3 nitrogen and oxygen atoms in total. The first-order chi connectivity index (χ1) is 10.1. The zero-order chi connectivity index (χ0) is 15.2. The molecule has 0 bridgehead atoms. The van der Waals surface area contributed by atoms with Crippen molar-refractivity contribution >= 4 is 23.2 Å². The molecule has 0 fully saturated rings. The monoisotopic (exact) mass is 327 g/mol. The van der Waals surface area contributed by atoms with E-state index in [2.05, 4.69) is 11.8 Å². The average Bonchev–Trinajstić information content (AvgIpc) is 2.99. The minimum atomic E-state index is -0.623. The summed E-state index contributed by atoms with van der Waals surface area (Å²) >= 11 is 12.1. The Morgan fingerprint density at radius 1 is 1.24 bits per heavy atom. The van der Waals surface area contributed by atoms with Crippen LogP contribution in [0.1, 0.15) is 30.8 Å². The number of hydrogen-bond donors (Lipinski definition) is 1. The van der Waals surface area contributed by atoms with Crippen molar-refractivity contribution in [2.45, 2.75) is 26.0 Å². The van der Waals surface area contributed by atoms with Crippen LogP contribution in [0.3, 0.4) is 0 Å². The van der Waals surface area contributed by atoms with Gasteiger partial charge in [0.05, 0.1) is 29.0 Å². The molecule has 21 heavy (non-hydrogen) atoms. The highest BCUT2D eigenvalue weighted by Gasteiger charge is 2.15. The van der Waals surface area contributed by atoms with E-state index >= 15 is 0 Å². The van der Waals surface area contributed by atoms with Crippen LogP contribution in [0.4, 0.5) is 0 Å². The minimum Gasteiger partial charge on any atom is -0.468 e. The van der Waals surface area contributed by atoms with Crippen molar-refractivity contribution in [1.29, 1.82) is 0 Å².